The monoisotopic (exact) mass is 383 g/mol. The van der Waals surface area contributed by atoms with Crippen molar-refractivity contribution in [2.45, 2.75) is 26.2 Å². The first kappa shape index (κ1) is 20.5. The van der Waals surface area contributed by atoms with Crippen molar-refractivity contribution in [3.8, 4) is 5.75 Å². The van der Waals surface area contributed by atoms with Crippen LogP contribution in [0, 0.1) is 0 Å². The summed E-state index contributed by atoms with van der Waals surface area (Å²) in [6.45, 7) is 4.39. The van der Waals surface area contributed by atoms with Gasteiger partial charge in [0.1, 0.15) is 5.75 Å². The highest BCUT2D eigenvalue weighted by atomic mass is 32.2. The van der Waals surface area contributed by atoms with E-state index < -0.39 is 10.0 Å². The van der Waals surface area contributed by atoms with E-state index in [-0.39, 0.29) is 18.2 Å². The van der Waals surface area contributed by atoms with E-state index in [1.165, 1.54) is 4.31 Å². The number of benzene rings is 1. The highest BCUT2D eigenvalue weighted by molar-refractivity contribution is 7.89. The molecule has 0 saturated carbocycles. The molecule has 0 atom stereocenters. The van der Waals surface area contributed by atoms with Gasteiger partial charge in [-0.1, -0.05) is 13.3 Å². The van der Waals surface area contributed by atoms with Crippen LogP contribution >= 0.6 is 0 Å². The topological polar surface area (TPSA) is 79.0 Å². The van der Waals surface area contributed by atoms with Crippen molar-refractivity contribution in [2.75, 3.05) is 50.5 Å². The number of carbonyl (C=O) groups is 1. The van der Waals surface area contributed by atoms with Gasteiger partial charge in [0.2, 0.25) is 15.9 Å². The first-order valence-electron chi connectivity index (χ1n) is 9.10. The van der Waals surface area contributed by atoms with E-state index in [1.807, 2.05) is 31.2 Å². The molecule has 1 amide bonds. The predicted octanol–water partition coefficient (Wildman–Crippen LogP) is 1.45. The number of piperazine rings is 1. The second-order valence-corrected chi connectivity index (χ2v) is 8.44. The molecule has 7 nitrogen and oxygen atoms in total. The van der Waals surface area contributed by atoms with Crippen molar-refractivity contribution in [1.82, 2.24) is 9.62 Å². The number of nitrogens with one attached hydrogen (secondary N) is 1. The molecule has 8 heteroatoms. The van der Waals surface area contributed by atoms with E-state index in [0.29, 0.717) is 32.6 Å². The molecule has 0 spiro atoms. The summed E-state index contributed by atoms with van der Waals surface area (Å²) in [7, 11) is -1.71. The Bertz CT molecular complexity index is 668. The van der Waals surface area contributed by atoms with Crippen LogP contribution in [-0.4, -0.2) is 64.2 Å². The van der Waals surface area contributed by atoms with Gasteiger partial charge in [-0.15, -0.1) is 0 Å². The van der Waals surface area contributed by atoms with Crippen LogP contribution in [-0.2, 0) is 14.8 Å². The van der Waals surface area contributed by atoms with Gasteiger partial charge >= 0.3 is 0 Å². The molecule has 1 aliphatic rings. The zero-order valence-corrected chi connectivity index (χ0v) is 16.4. The number of ether oxygens (including phenoxy) is 1. The second-order valence-electron chi connectivity index (χ2n) is 6.35. The summed E-state index contributed by atoms with van der Waals surface area (Å²) in [4.78, 5) is 13.7. The fourth-order valence-corrected chi connectivity index (χ4v) is 4.23. The average Bonchev–Trinajstić information content (AvgIpc) is 2.66. The maximum Gasteiger partial charge on any atom is 0.220 e. The highest BCUT2D eigenvalue weighted by Crippen LogP contribution is 2.21. The lowest BCUT2D eigenvalue weighted by atomic mass is 10.2. The molecule has 0 radical (unpaired) electrons. The SMILES string of the molecule is CCCCC(=O)NCCS(=O)(=O)N1CCN(c2ccc(OC)cc2)CC1. The molecule has 1 aromatic rings. The lowest BCUT2D eigenvalue weighted by Crippen LogP contribution is -2.50. The Kier molecular flexibility index (Phi) is 7.71. The lowest BCUT2D eigenvalue weighted by molar-refractivity contribution is -0.121. The average molecular weight is 384 g/mol. The Morgan fingerprint density at radius 1 is 1.15 bits per heavy atom. The van der Waals surface area contributed by atoms with Gasteiger partial charge in [-0.2, -0.15) is 4.31 Å². The Morgan fingerprint density at radius 3 is 2.38 bits per heavy atom. The minimum absolute atomic E-state index is 0.0482. The molecule has 0 aromatic heterocycles. The molecule has 1 N–H and O–H groups in total. The van der Waals surface area contributed by atoms with E-state index in [4.69, 9.17) is 4.74 Å². The van der Waals surface area contributed by atoms with Crippen molar-refractivity contribution >= 4 is 21.6 Å². The van der Waals surface area contributed by atoms with Crippen LogP contribution in [0.5, 0.6) is 5.75 Å². The first-order valence-corrected chi connectivity index (χ1v) is 10.7. The minimum Gasteiger partial charge on any atom is -0.497 e. The zero-order chi connectivity index (χ0) is 19.0. The largest absolute Gasteiger partial charge is 0.497 e. The van der Waals surface area contributed by atoms with E-state index in [0.717, 1.165) is 24.3 Å². The number of amides is 1. The number of rotatable bonds is 9. The van der Waals surface area contributed by atoms with Gasteiger partial charge in [0.05, 0.1) is 12.9 Å². The maximum absolute atomic E-state index is 12.4. The predicted molar refractivity (Wildman–Crippen MR) is 103 cm³/mol. The van der Waals surface area contributed by atoms with Gasteiger partial charge in [-0.3, -0.25) is 4.79 Å². The number of hydrogen-bond donors (Lipinski definition) is 1. The third-order valence-corrected chi connectivity index (χ3v) is 6.38. The van der Waals surface area contributed by atoms with E-state index in [2.05, 4.69) is 10.2 Å². The summed E-state index contributed by atoms with van der Waals surface area (Å²) in [5.74, 6) is 0.676. The van der Waals surface area contributed by atoms with Crippen molar-refractivity contribution in [3.63, 3.8) is 0 Å². The number of hydrogen-bond acceptors (Lipinski definition) is 5. The Hall–Kier alpha value is -1.80. The molecule has 26 heavy (non-hydrogen) atoms. The minimum atomic E-state index is -3.34. The number of sulfonamides is 1. The first-order chi connectivity index (χ1) is 12.5. The van der Waals surface area contributed by atoms with Crippen LogP contribution in [0.3, 0.4) is 0 Å². The van der Waals surface area contributed by atoms with Crippen LogP contribution in [0.25, 0.3) is 0 Å². The van der Waals surface area contributed by atoms with Crippen LogP contribution in [0.1, 0.15) is 26.2 Å². The molecule has 1 fully saturated rings. The number of methoxy groups -OCH3 is 1. The maximum atomic E-state index is 12.4. The Morgan fingerprint density at radius 2 is 1.81 bits per heavy atom. The van der Waals surface area contributed by atoms with E-state index >= 15 is 0 Å². The van der Waals surface area contributed by atoms with Crippen molar-refractivity contribution < 1.29 is 17.9 Å². The van der Waals surface area contributed by atoms with E-state index in [9.17, 15) is 13.2 Å². The Labute approximate surface area is 156 Å². The van der Waals surface area contributed by atoms with Crippen molar-refractivity contribution in [3.05, 3.63) is 24.3 Å². The van der Waals surface area contributed by atoms with Gasteiger partial charge in [0.15, 0.2) is 0 Å². The zero-order valence-electron chi connectivity index (χ0n) is 15.6. The fraction of sp³-hybridized carbons (Fsp3) is 0.611. The molecule has 1 aromatic carbocycles. The van der Waals surface area contributed by atoms with Gasteiger partial charge in [0, 0.05) is 44.8 Å². The number of carbonyl (C=O) groups excluding carboxylic acids is 1. The highest BCUT2D eigenvalue weighted by Gasteiger charge is 2.26. The van der Waals surface area contributed by atoms with Crippen molar-refractivity contribution in [2.24, 2.45) is 0 Å². The van der Waals surface area contributed by atoms with Crippen LogP contribution in [0.2, 0.25) is 0 Å². The molecule has 1 saturated heterocycles. The third-order valence-electron chi connectivity index (χ3n) is 4.51. The second kappa shape index (κ2) is 9.78. The van der Waals surface area contributed by atoms with Gasteiger partial charge in [-0.25, -0.2) is 8.42 Å². The summed E-state index contributed by atoms with van der Waals surface area (Å²) in [5.41, 5.74) is 1.06. The number of nitrogens with zero attached hydrogens (tertiary/aromatic N) is 2. The molecule has 0 bridgehead atoms. The summed E-state index contributed by atoms with van der Waals surface area (Å²) in [6.07, 6.45) is 2.23. The lowest BCUT2D eigenvalue weighted by Gasteiger charge is -2.35. The molecular weight excluding hydrogens is 354 g/mol. The normalized spacial score (nSPS) is 15.7. The molecule has 1 aliphatic heterocycles. The molecule has 0 unspecified atom stereocenters. The smallest absolute Gasteiger partial charge is 0.220 e. The number of anilines is 1. The summed E-state index contributed by atoms with van der Waals surface area (Å²) in [6, 6.07) is 7.77. The standard InChI is InChI=1S/C18H29N3O4S/c1-3-4-5-18(22)19-10-15-26(23,24)21-13-11-20(12-14-21)16-6-8-17(25-2)9-7-16/h6-9H,3-5,10-15H2,1-2H3,(H,19,22). The van der Waals surface area contributed by atoms with Gasteiger partial charge < -0.3 is 15.0 Å². The molecule has 146 valence electrons. The Balaban J connectivity index is 1.79. The molecule has 2 rings (SSSR count). The molecule has 0 aliphatic carbocycles. The van der Waals surface area contributed by atoms with E-state index in [1.54, 1.807) is 7.11 Å². The summed E-state index contributed by atoms with van der Waals surface area (Å²) >= 11 is 0. The summed E-state index contributed by atoms with van der Waals surface area (Å²) < 4.78 is 31.6. The fourth-order valence-electron chi connectivity index (χ4n) is 2.89. The third kappa shape index (κ3) is 5.88. The van der Waals surface area contributed by atoms with Crippen LogP contribution in [0.4, 0.5) is 5.69 Å². The molecular formula is C18H29N3O4S. The number of unbranched alkanes of at least 4 members (excludes halogenated alkanes) is 1. The van der Waals surface area contributed by atoms with Gasteiger partial charge in [0.25, 0.3) is 0 Å². The summed E-state index contributed by atoms with van der Waals surface area (Å²) in [5, 5.41) is 2.69. The van der Waals surface area contributed by atoms with Crippen LogP contribution in [0.15, 0.2) is 24.3 Å². The van der Waals surface area contributed by atoms with Gasteiger partial charge in [-0.05, 0) is 30.7 Å². The van der Waals surface area contributed by atoms with Crippen LogP contribution < -0.4 is 15.0 Å². The van der Waals surface area contributed by atoms with Crippen molar-refractivity contribution in [1.29, 1.82) is 0 Å². The quantitative estimate of drug-likeness (QED) is 0.698. The molecule has 1 heterocycles.